The summed E-state index contributed by atoms with van der Waals surface area (Å²) < 4.78 is 5.45. The van der Waals surface area contributed by atoms with Crippen LogP contribution in [0.1, 0.15) is 48.3 Å². The maximum absolute atomic E-state index is 12.6. The fraction of sp³-hybridized carbons (Fsp3) is 0.714. The first-order valence-electron chi connectivity index (χ1n) is 7.03. The molecule has 0 spiro atoms. The molecule has 1 amide bonds. The third kappa shape index (κ3) is 2.66. The average molecular weight is 265 g/mol. The van der Waals surface area contributed by atoms with Gasteiger partial charge in [-0.2, -0.15) is 0 Å². The van der Waals surface area contributed by atoms with Crippen LogP contribution in [0.15, 0.2) is 4.42 Å². The van der Waals surface area contributed by atoms with E-state index >= 15 is 0 Å². The molecule has 0 saturated heterocycles. The number of carbonyl (C=O) groups excluding carboxylic acids is 1. The van der Waals surface area contributed by atoms with E-state index in [0.717, 1.165) is 19.3 Å². The van der Waals surface area contributed by atoms with Crippen LogP contribution in [-0.4, -0.2) is 34.9 Å². The summed E-state index contributed by atoms with van der Waals surface area (Å²) in [6.45, 7) is 6.90. The summed E-state index contributed by atoms with van der Waals surface area (Å²) in [5.74, 6) is 1.28. The Bertz CT molecular complexity index is 456. The van der Waals surface area contributed by atoms with E-state index in [4.69, 9.17) is 10.2 Å². The second-order valence-electron chi connectivity index (χ2n) is 5.23. The molecule has 106 valence electrons. The lowest BCUT2D eigenvalue weighted by Crippen LogP contribution is -2.44. The molecular weight excluding hydrogens is 242 g/mol. The maximum Gasteiger partial charge on any atom is 0.291 e. The molecule has 1 fully saturated rings. The third-order valence-electron chi connectivity index (χ3n) is 4.02. The van der Waals surface area contributed by atoms with Crippen molar-refractivity contribution in [1.29, 1.82) is 0 Å². The molecule has 19 heavy (non-hydrogen) atoms. The van der Waals surface area contributed by atoms with Gasteiger partial charge in [-0.1, -0.05) is 6.42 Å². The van der Waals surface area contributed by atoms with Gasteiger partial charge in [0.1, 0.15) is 0 Å². The number of nitrogens with zero attached hydrogens (tertiary/aromatic N) is 2. The van der Waals surface area contributed by atoms with Crippen LogP contribution < -0.4 is 5.73 Å². The number of rotatable bonds is 4. The largest absolute Gasteiger partial charge is 0.436 e. The third-order valence-corrected chi connectivity index (χ3v) is 4.02. The van der Waals surface area contributed by atoms with Gasteiger partial charge in [0.25, 0.3) is 5.91 Å². The number of aromatic nitrogens is 1. The van der Waals surface area contributed by atoms with Gasteiger partial charge in [-0.15, -0.1) is 0 Å². The topological polar surface area (TPSA) is 72.4 Å². The number of hydrogen-bond donors (Lipinski definition) is 1. The quantitative estimate of drug-likeness (QED) is 0.902. The summed E-state index contributed by atoms with van der Waals surface area (Å²) in [5.41, 5.74) is 6.49. The van der Waals surface area contributed by atoms with Crippen LogP contribution in [0.25, 0.3) is 0 Å². The summed E-state index contributed by atoms with van der Waals surface area (Å²) in [5, 5.41) is 0. The Kier molecular flexibility index (Phi) is 4.24. The molecule has 1 aliphatic carbocycles. The Morgan fingerprint density at radius 3 is 2.74 bits per heavy atom. The van der Waals surface area contributed by atoms with Gasteiger partial charge in [-0.3, -0.25) is 4.79 Å². The zero-order valence-corrected chi connectivity index (χ0v) is 12.0. The summed E-state index contributed by atoms with van der Waals surface area (Å²) in [6, 6.07) is 0.243. The molecule has 2 atom stereocenters. The standard InChI is InChI=1S/C14H23N3O2/c1-4-17(12-7-5-6-11(12)8-15)14(18)13-9(2)16-10(3)19-13/h11-12H,4-8,15H2,1-3H3. The van der Waals surface area contributed by atoms with Crippen LogP contribution >= 0.6 is 0 Å². The monoisotopic (exact) mass is 265 g/mol. The van der Waals surface area contributed by atoms with Gasteiger partial charge in [0, 0.05) is 19.5 Å². The predicted molar refractivity (Wildman–Crippen MR) is 72.9 cm³/mol. The van der Waals surface area contributed by atoms with Crippen molar-refractivity contribution in [1.82, 2.24) is 9.88 Å². The minimum atomic E-state index is -0.0500. The van der Waals surface area contributed by atoms with Crippen molar-refractivity contribution in [2.75, 3.05) is 13.1 Å². The summed E-state index contributed by atoms with van der Waals surface area (Å²) in [4.78, 5) is 18.7. The van der Waals surface area contributed by atoms with Gasteiger partial charge >= 0.3 is 0 Å². The van der Waals surface area contributed by atoms with Gasteiger partial charge in [0.15, 0.2) is 5.89 Å². The van der Waals surface area contributed by atoms with Crippen molar-refractivity contribution in [2.45, 2.75) is 46.1 Å². The van der Waals surface area contributed by atoms with Gasteiger partial charge in [0.05, 0.1) is 5.69 Å². The Morgan fingerprint density at radius 2 is 2.21 bits per heavy atom. The smallest absolute Gasteiger partial charge is 0.291 e. The fourth-order valence-electron chi connectivity index (χ4n) is 3.09. The molecule has 1 heterocycles. The summed E-state index contributed by atoms with van der Waals surface area (Å²) in [7, 11) is 0. The highest BCUT2D eigenvalue weighted by Gasteiger charge is 2.35. The molecule has 0 aliphatic heterocycles. The van der Waals surface area contributed by atoms with E-state index in [1.54, 1.807) is 6.92 Å². The van der Waals surface area contributed by atoms with E-state index < -0.39 is 0 Å². The lowest BCUT2D eigenvalue weighted by atomic mass is 10.0. The molecule has 5 nitrogen and oxygen atoms in total. The highest BCUT2D eigenvalue weighted by Crippen LogP contribution is 2.30. The van der Waals surface area contributed by atoms with Crippen LogP contribution in [0.4, 0.5) is 0 Å². The van der Waals surface area contributed by atoms with E-state index in [0.29, 0.717) is 36.4 Å². The molecule has 0 aromatic carbocycles. The Balaban J connectivity index is 2.22. The lowest BCUT2D eigenvalue weighted by molar-refractivity contribution is 0.0617. The van der Waals surface area contributed by atoms with Gasteiger partial charge in [-0.05, 0) is 39.2 Å². The average Bonchev–Trinajstić information content (AvgIpc) is 2.96. The first-order valence-corrected chi connectivity index (χ1v) is 7.03. The SMILES string of the molecule is CCN(C(=O)c1oc(C)nc1C)C1CCCC1CN. The molecule has 2 rings (SSSR count). The molecule has 0 radical (unpaired) electrons. The first-order chi connectivity index (χ1) is 9.08. The molecule has 2 unspecified atom stereocenters. The predicted octanol–water partition coefficient (Wildman–Crippen LogP) is 1.88. The normalized spacial score (nSPS) is 22.7. The van der Waals surface area contributed by atoms with Crippen molar-refractivity contribution in [3.8, 4) is 0 Å². The number of amides is 1. The molecule has 1 saturated carbocycles. The maximum atomic E-state index is 12.6. The molecule has 5 heteroatoms. The fourth-order valence-corrected chi connectivity index (χ4v) is 3.09. The molecule has 1 aromatic heterocycles. The number of nitrogens with two attached hydrogens (primary N) is 1. The number of aryl methyl sites for hydroxylation is 2. The molecule has 1 aliphatic rings. The van der Waals surface area contributed by atoms with E-state index in [1.807, 2.05) is 18.7 Å². The van der Waals surface area contributed by atoms with Crippen molar-refractivity contribution in [3.63, 3.8) is 0 Å². The van der Waals surface area contributed by atoms with Crippen LogP contribution in [0.3, 0.4) is 0 Å². The zero-order valence-electron chi connectivity index (χ0n) is 12.0. The number of carbonyl (C=O) groups is 1. The van der Waals surface area contributed by atoms with Gasteiger partial charge < -0.3 is 15.1 Å². The first kappa shape index (κ1) is 14.1. The van der Waals surface area contributed by atoms with Crippen LogP contribution in [0, 0.1) is 19.8 Å². The lowest BCUT2D eigenvalue weighted by Gasteiger charge is -2.31. The summed E-state index contributed by atoms with van der Waals surface area (Å²) >= 11 is 0. The van der Waals surface area contributed by atoms with Crippen LogP contribution in [0.2, 0.25) is 0 Å². The summed E-state index contributed by atoms with van der Waals surface area (Å²) in [6.07, 6.45) is 3.29. The molecule has 2 N–H and O–H groups in total. The number of hydrogen-bond acceptors (Lipinski definition) is 4. The molecule has 0 bridgehead atoms. The minimum Gasteiger partial charge on any atom is -0.436 e. The van der Waals surface area contributed by atoms with Gasteiger partial charge in [0.2, 0.25) is 5.76 Å². The van der Waals surface area contributed by atoms with E-state index in [2.05, 4.69) is 4.98 Å². The van der Waals surface area contributed by atoms with Crippen LogP contribution in [-0.2, 0) is 0 Å². The second-order valence-corrected chi connectivity index (χ2v) is 5.23. The number of oxazole rings is 1. The van der Waals surface area contributed by atoms with Crippen LogP contribution in [0.5, 0.6) is 0 Å². The second kappa shape index (κ2) is 5.74. The van der Waals surface area contributed by atoms with E-state index in [9.17, 15) is 4.79 Å². The highest BCUT2D eigenvalue weighted by atomic mass is 16.4. The van der Waals surface area contributed by atoms with E-state index in [-0.39, 0.29) is 11.9 Å². The Labute approximate surface area is 114 Å². The minimum absolute atomic E-state index is 0.0500. The van der Waals surface area contributed by atoms with Crippen molar-refractivity contribution in [2.24, 2.45) is 11.7 Å². The van der Waals surface area contributed by atoms with Crippen molar-refractivity contribution in [3.05, 3.63) is 17.3 Å². The van der Waals surface area contributed by atoms with E-state index in [1.165, 1.54) is 0 Å². The Hall–Kier alpha value is -1.36. The molecular formula is C14H23N3O2. The van der Waals surface area contributed by atoms with Crippen molar-refractivity contribution < 1.29 is 9.21 Å². The molecule has 1 aromatic rings. The highest BCUT2D eigenvalue weighted by molar-refractivity contribution is 5.92. The van der Waals surface area contributed by atoms with Crippen molar-refractivity contribution >= 4 is 5.91 Å². The zero-order chi connectivity index (χ0) is 14.0. The van der Waals surface area contributed by atoms with Gasteiger partial charge in [-0.25, -0.2) is 4.98 Å². The Morgan fingerprint density at radius 1 is 1.47 bits per heavy atom.